The highest BCUT2D eigenvalue weighted by Gasteiger charge is 2.32. The largest absolute Gasteiger partial charge is 0.573 e. The van der Waals surface area contributed by atoms with Crippen LogP contribution in [0.3, 0.4) is 0 Å². The fraction of sp³-hybridized carbons (Fsp3) is 0.318. The third-order valence-electron chi connectivity index (χ3n) is 4.98. The SMILES string of the molecule is Cc1cncc(-c2nnc(NC(=O)c3ccc(OC(F)(F)F)c(NC(=O)CN4CCOCC4)c3)s2)c1. The number of ether oxygens (including phenoxy) is 2. The number of aromatic nitrogens is 3. The molecule has 0 spiro atoms. The van der Waals surface area contributed by atoms with Crippen molar-refractivity contribution < 1.29 is 32.2 Å². The van der Waals surface area contributed by atoms with Crippen LogP contribution in [0.25, 0.3) is 10.6 Å². The molecule has 0 radical (unpaired) electrons. The molecule has 1 saturated heterocycles. The minimum Gasteiger partial charge on any atom is -0.404 e. The Kier molecular flexibility index (Phi) is 7.76. The first-order chi connectivity index (χ1) is 17.2. The van der Waals surface area contributed by atoms with Crippen LogP contribution in [0.2, 0.25) is 0 Å². The quantitative estimate of drug-likeness (QED) is 0.485. The number of alkyl halides is 3. The number of benzene rings is 1. The molecule has 0 bridgehead atoms. The summed E-state index contributed by atoms with van der Waals surface area (Å²) in [6.07, 6.45) is -1.68. The number of hydrogen-bond acceptors (Lipinski definition) is 9. The molecule has 3 aromatic rings. The van der Waals surface area contributed by atoms with E-state index in [0.29, 0.717) is 31.3 Å². The lowest BCUT2D eigenvalue weighted by Gasteiger charge is -2.26. The number of anilines is 2. The van der Waals surface area contributed by atoms with Gasteiger partial charge in [-0.15, -0.1) is 23.4 Å². The summed E-state index contributed by atoms with van der Waals surface area (Å²) in [6.45, 7) is 3.78. The lowest BCUT2D eigenvalue weighted by molar-refractivity contribution is -0.274. The molecule has 1 fully saturated rings. The molecule has 1 aliphatic rings. The normalized spacial score (nSPS) is 14.3. The number of carbonyl (C=O) groups excluding carboxylic acids is 2. The van der Waals surface area contributed by atoms with Gasteiger partial charge in [0.1, 0.15) is 0 Å². The summed E-state index contributed by atoms with van der Waals surface area (Å²) >= 11 is 1.11. The number of rotatable bonds is 7. The van der Waals surface area contributed by atoms with E-state index >= 15 is 0 Å². The maximum atomic E-state index is 12.9. The number of nitrogens with zero attached hydrogens (tertiary/aromatic N) is 4. The lowest BCUT2D eigenvalue weighted by atomic mass is 10.1. The maximum Gasteiger partial charge on any atom is 0.573 e. The molecule has 1 aliphatic heterocycles. The van der Waals surface area contributed by atoms with Gasteiger partial charge in [-0.25, -0.2) is 0 Å². The number of pyridine rings is 1. The summed E-state index contributed by atoms with van der Waals surface area (Å²) in [5, 5.41) is 13.7. The summed E-state index contributed by atoms with van der Waals surface area (Å²) < 4.78 is 47.9. The number of morpholine rings is 1. The predicted molar refractivity (Wildman–Crippen MR) is 125 cm³/mol. The number of carbonyl (C=O) groups is 2. The van der Waals surface area contributed by atoms with Gasteiger partial charge >= 0.3 is 6.36 Å². The van der Waals surface area contributed by atoms with Gasteiger partial charge in [-0.05, 0) is 36.8 Å². The average Bonchev–Trinajstić information content (AvgIpc) is 3.28. The molecule has 2 amide bonds. The van der Waals surface area contributed by atoms with Crippen LogP contribution in [0.15, 0.2) is 36.7 Å². The van der Waals surface area contributed by atoms with E-state index in [1.807, 2.05) is 13.0 Å². The molecular formula is C22H21F3N6O4S. The summed E-state index contributed by atoms with van der Waals surface area (Å²) in [7, 11) is 0. The van der Waals surface area contributed by atoms with E-state index in [9.17, 15) is 22.8 Å². The molecule has 36 heavy (non-hydrogen) atoms. The Balaban J connectivity index is 1.50. The van der Waals surface area contributed by atoms with Crippen LogP contribution < -0.4 is 15.4 Å². The van der Waals surface area contributed by atoms with Crippen molar-refractivity contribution in [3.8, 4) is 16.3 Å². The molecule has 14 heteroatoms. The zero-order chi connectivity index (χ0) is 25.7. The van der Waals surface area contributed by atoms with Gasteiger partial charge in [0.2, 0.25) is 11.0 Å². The molecule has 3 heterocycles. The highest BCUT2D eigenvalue weighted by molar-refractivity contribution is 7.18. The predicted octanol–water partition coefficient (Wildman–Crippen LogP) is 3.33. The van der Waals surface area contributed by atoms with E-state index in [1.54, 1.807) is 17.3 Å². The number of halogens is 3. The Hall–Kier alpha value is -3.62. The number of hydrogen-bond donors (Lipinski definition) is 2. The van der Waals surface area contributed by atoms with E-state index < -0.39 is 23.9 Å². The molecule has 0 aliphatic carbocycles. The van der Waals surface area contributed by atoms with Crippen LogP contribution in [0.5, 0.6) is 5.75 Å². The van der Waals surface area contributed by atoms with Crippen molar-refractivity contribution in [1.29, 1.82) is 0 Å². The average molecular weight is 523 g/mol. The van der Waals surface area contributed by atoms with Crippen LogP contribution in [-0.2, 0) is 9.53 Å². The first-order valence-electron chi connectivity index (χ1n) is 10.7. The molecular weight excluding hydrogens is 501 g/mol. The first kappa shape index (κ1) is 25.5. The van der Waals surface area contributed by atoms with E-state index in [4.69, 9.17) is 4.74 Å². The maximum absolute atomic E-state index is 12.9. The van der Waals surface area contributed by atoms with Crippen LogP contribution in [0.1, 0.15) is 15.9 Å². The van der Waals surface area contributed by atoms with Gasteiger partial charge in [0.15, 0.2) is 10.8 Å². The molecule has 0 unspecified atom stereocenters. The van der Waals surface area contributed by atoms with Gasteiger partial charge in [-0.3, -0.25) is 24.8 Å². The summed E-state index contributed by atoms with van der Waals surface area (Å²) in [5.74, 6) is -1.84. The van der Waals surface area contributed by atoms with Crippen molar-refractivity contribution in [2.75, 3.05) is 43.5 Å². The topological polar surface area (TPSA) is 119 Å². The minimum atomic E-state index is -4.99. The monoisotopic (exact) mass is 522 g/mol. The highest BCUT2D eigenvalue weighted by atomic mass is 32.1. The van der Waals surface area contributed by atoms with Gasteiger partial charge < -0.3 is 14.8 Å². The Bertz CT molecular complexity index is 1250. The van der Waals surface area contributed by atoms with Crippen LogP contribution in [-0.4, -0.2) is 71.1 Å². The number of nitrogens with one attached hydrogen (secondary N) is 2. The second-order valence-corrected chi connectivity index (χ2v) is 8.79. The lowest BCUT2D eigenvalue weighted by Crippen LogP contribution is -2.41. The zero-order valence-electron chi connectivity index (χ0n) is 19.0. The van der Waals surface area contributed by atoms with Crippen molar-refractivity contribution in [2.45, 2.75) is 13.3 Å². The van der Waals surface area contributed by atoms with E-state index in [2.05, 4.69) is 30.6 Å². The smallest absolute Gasteiger partial charge is 0.404 e. The third kappa shape index (κ3) is 6.96. The zero-order valence-corrected chi connectivity index (χ0v) is 19.8. The molecule has 4 rings (SSSR count). The Labute approximate surface area is 207 Å². The van der Waals surface area contributed by atoms with Crippen LogP contribution in [0.4, 0.5) is 24.0 Å². The van der Waals surface area contributed by atoms with E-state index in [1.165, 1.54) is 0 Å². The summed E-state index contributed by atoms with van der Waals surface area (Å²) in [5.41, 5.74) is 1.35. The molecule has 190 valence electrons. The van der Waals surface area contributed by atoms with Crippen molar-refractivity contribution in [3.63, 3.8) is 0 Å². The highest BCUT2D eigenvalue weighted by Crippen LogP contribution is 2.32. The van der Waals surface area contributed by atoms with Crippen LogP contribution in [0, 0.1) is 6.92 Å². The Morgan fingerprint density at radius 2 is 1.92 bits per heavy atom. The third-order valence-corrected chi connectivity index (χ3v) is 5.87. The molecule has 10 nitrogen and oxygen atoms in total. The number of amides is 2. The molecule has 1 aromatic carbocycles. The van der Waals surface area contributed by atoms with Gasteiger partial charge in [0.05, 0.1) is 25.4 Å². The fourth-order valence-corrected chi connectivity index (χ4v) is 4.09. The van der Waals surface area contributed by atoms with Gasteiger partial charge in [0.25, 0.3) is 5.91 Å². The van der Waals surface area contributed by atoms with Crippen molar-refractivity contribution >= 4 is 34.0 Å². The van der Waals surface area contributed by atoms with Gasteiger partial charge in [0, 0.05) is 36.6 Å². The van der Waals surface area contributed by atoms with E-state index in [-0.39, 0.29) is 22.9 Å². The van der Waals surface area contributed by atoms with Crippen LogP contribution >= 0.6 is 11.3 Å². The van der Waals surface area contributed by atoms with Crippen molar-refractivity contribution in [2.24, 2.45) is 0 Å². The van der Waals surface area contributed by atoms with Gasteiger partial charge in [-0.1, -0.05) is 11.3 Å². The first-order valence-corrected chi connectivity index (χ1v) is 11.5. The summed E-state index contributed by atoms with van der Waals surface area (Å²) in [6, 6.07) is 5.10. The molecule has 2 N–H and O–H groups in total. The van der Waals surface area contributed by atoms with Crippen molar-refractivity contribution in [3.05, 3.63) is 47.8 Å². The Morgan fingerprint density at radius 1 is 1.14 bits per heavy atom. The van der Waals surface area contributed by atoms with E-state index in [0.717, 1.165) is 40.7 Å². The number of aryl methyl sites for hydroxylation is 1. The summed E-state index contributed by atoms with van der Waals surface area (Å²) in [4.78, 5) is 31.2. The molecule has 2 aromatic heterocycles. The fourth-order valence-electron chi connectivity index (χ4n) is 3.37. The van der Waals surface area contributed by atoms with Crippen molar-refractivity contribution in [1.82, 2.24) is 20.1 Å². The standard InChI is InChI=1S/C22H21F3N6O4S/c1-13-8-15(11-26-10-13)20-29-30-21(36-20)28-19(33)14-2-3-17(35-22(23,24)25)16(9-14)27-18(32)12-31-4-6-34-7-5-31/h2-3,8-11H,4-7,12H2,1H3,(H,27,32)(H,28,30,33). The van der Waals surface area contributed by atoms with Gasteiger partial charge in [-0.2, -0.15) is 0 Å². The Morgan fingerprint density at radius 3 is 2.64 bits per heavy atom. The molecule has 0 saturated carbocycles. The second-order valence-electron chi connectivity index (χ2n) is 7.81. The molecule has 0 atom stereocenters. The second kappa shape index (κ2) is 11.0. The minimum absolute atomic E-state index is 0.0137.